The Morgan fingerprint density at radius 3 is 2.13 bits per heavy atom. The molecule has 0 amide bonds. The zero-order valence-electron chi connectivity index (χ0n) is 16.3. The highest BCUT2D eigenvalue weighted by Gasteiger charge is 2.21. The molecule has 0 saturated heterocycles. The number of benzene rings is 3. The molecule has 8 heteroatoms. The zero-order valence-corrected chi connectivity index (χ0v) is 17.2. The highest BCUT2D eigenvalue weighted by Crippen LogP contribution is 2.28. The van der Waals surface area contributed by atoms with Crippen molar-refractivity contribution in [3.63, 3.8) is 0 Å². The van der Waals surface area contributed by atoms with Crippen LogP contribution in [0.3, 0.4) is 0 Å². The molecule has 152 valence electrons. The molecule has 30 heavy (non-hydrogen) atoms. The minimum atomic E-state index is -3.91. The van der Waals surface area contributed by atoms with Crippen LogP contribution in [0.2, 0.25) is 0 Å². The number of para-hydroxylation sites is 2. The molecule has 0 radical (unpaired) electrons. The molecule has 1 aromatic heterocycles. The fraction of sp³-hybridized carbons (Fsp3) is 0.0909. The van der Waals surface area contributed by atoms with Crippen molar-refractivity contribution in [1.29, 1.82) is 0 Å². The van der Waals surface area contributed by atoms with Gasteiger partial charge in [0.05, 0.1) is 15.9 Å². The maximum Gasteiger partial charge on any atom is 0.263 e. The monoisotopic (exact) mass is 422 g/mol. The van der Waals surface area contributed by atoms with Gasteiger partial charge in [-0.25, -0.2) is 22.8 Å². The second-order valence-electron chi connectivity index (χ2n) is 6.92. The van der Waals surface area contributed by atoms with Crippen LogP contribution in [0.1, 0.15) is 11.1 Å². The van der Waals surface area contributed by atoms with Gasteiger partial charge >= 0.3 is 0 Å². The fourth-order valence-corrected chi connectivity index (χ4v) is 4.35. The van der Waals surface area contributed by atoms with Crippen molar-refractivity contribution in [3.8, 4) is 0 Å². The molecular formula is C22H19FN4O2S. The predicted octanol–water partition coefficient (Wildman–Crippen LogP) is 4.93. The van der Waals surface area contributed by atoms with E-state index in [1.807, 2.05) is 19.1 Å². The Morgan fingerprint density at radius 1 is 0.833 bits per heavy atom. The van der Waals surface area contributed by atoms with Gasteiger partial charge in [0.25, 0.3) is 10.0 Å². The molecule has 0 saturated carbocycles. The van der Waals surface area contributed by atoms with Crippen LogP contribution in [0.25, 0.3) is 11.0 Å². The first-order chi connectivity index (χ1) is 14.3. The first-order valence-corrected chi connectivity index (χ1v) is 10.7. The number of halogens is 1. The summed E-state index contributed by atoms with van der Waals surface area (Å²) in [6, 6.07) is 18.0. The molecule has 2 N–H and O–H groups in total. The average Bonchev–Trinajstić information content (AvgIpc) is 2.71. The van der Waals surface area contributed by atoms with Crippen molar-refractivity contribution in [2.24, 2.45) is 0 Å². The number of aromatic nitrogens is 2. The molecule has 0 atom stereocenters. The van der Waals surface area contributed by atoms with Gasteiger partial charge in [-0.15, -0.1) is 0 Å². The molecule has 4 aromatic rings. The van der Waals surface area contributed by atoms with Gasteiger partial charge in [-0.1, -0.05) is 24.3 Å². The van der Waals surface area contributed by atoms with E-state index in [1.54, 1.807) is 37.3 Å². The van der Waals surface area contributed by atoms with Gasteiger partial charge in [-0.3, -0.25) is 4.72 Å². The number of nitrogens with one attached hydrogen (secondary N) is 2. The van der Waals surface area contributed by atoms with Crippen LogP contribution in [0.15, 0.2) is 71.6 Å². The van der Waals surface area contributed by atoms with Gasteiger partial charge in [0.2, 0.25) is 0 Å². The van der Waals surface area contributed by atoms with Crippen molar-refractivity contribution in [3.05, 3.63) is 83.7 Å². The maximum absolute atomic E-state index is 13.2. The van der Waals surface area contributed by atoms with Crippen LogP contribution >= 0.6 is 0 Å². The molecule has 3 aromatic carbocycles. The lowest BCUT2D eigenvalue weighted by molar-refractivity contribution is 0.600. The molecule has 0 unspecified atom stereocenters. The summed E-state index contributed by atoms with van der Waals surface area (Å²) in [5.41, 5.74) is 3.14. The van der Waals surface area contributed by atoms with Gasteiger partial charge in [-0.2, -0.15) is 0 Å². The standard InChI is InChI=1S/C22H19FN4O2S/c1-14-7-8-15(2)20(13-14)30(28,29)27-22-21(24-17-11-9-16(23)10-12-17)25-18-5-3-4-6-19(18)26-22/h3-13H,1-2H3,(H,24,25)(H,26,27). The molecule has 0 fully saturated rings. The molecule has 1 heterocycles. The van der Waals surface area contributed by atoms with E-state index in [0.29, 0.717) is 22.3 Å². The second kappa shape index (κ2) is 7.72. The zero-order chi connectivity index (χ0) is 21.3. The second-order valence-corrected chi connectivity index (χ2v) is 8.57. The first kappa shape index (κ1) is 19.8. The Morgan fingerprint density at radius 2 is 1.47 bits per heavy atom. The summed E-state index contributed by atoms with van der Waals surface area (Å²) in [5, 5.41) is 3.02. The number of fused-ring (bicyclic) bond motifs is 1. The summed E-state index contributed by atoms with van der Waals surface area (Å²) in [6.45, 7) is 3.56. The van der Waals surface area contributed by atoms with Crippen molar-refractivity contribution >= 4 is 38.4 Å². The number of anilines is 3. The third kappa shape index (κ3) is 4.08. The van der Waals surface area contributed by atoms with Crippen LogP contribution in [-0.2, 0) is 10.0 Å². The Balaban J connectivity index is 1.80. The van der Waals surface area contributed by atoms with Gasteiger partial charge < -0.3 is 5.32 Å². The number of nitrogens with zero attached hydrogens (tertiary/aromatic N) is 2. The third-order valence-corrected chi connectivity index (χ3v) is 6.02. The van der Waals surface area contributed by atoms with E-state index < -0.39 is 10.0 Å². The van der Waals surface area contributed by atoms with E-state index in [1.165, 1.54) is 24.3 Å². The molecule has 0 spiro atoms. The Bertz CT molecular complexity index is 1340. The Kier molecular flexibility index (Phi) is 5.09. The summed E-state index contributed by atoms with van der Waals surface area (Å²) in [4.78, 5) is 9.15. The summed E-state index contributed by atoms with van der Waals surface area (Å²) >= 11 is 0. The van der Waals surface area contributed by atoms with Crippen molar-refractivity contribution in [2.75, 3.05) is 10.0 Å². The lowest BCUT2D eigenvalue weighted by Crippen LogP contribution is -2.17. The van der Waals surface area contributed by atoms with E-state index in [4.69, 9.17) is 0 Å². The van der Waals surface area contributed by atoms with Crippen LogP contribution in [0.5, 0.6) is 0 Å². The van der Waals surface area contributed by atoms with E-state index in [0.717, 1.165) is 5.56 Å². The summed E-state index contributed by atoms with van der Waals surface area (Å²) in [5.74, 6) is -0.103. The van der Waals surface area contributed by atoms with Crippen LogP contribution in [-0.4, -0.2) is 18.4 Å². The fourth-order valence-electron chi connectivity index (χ4n) is 3.01. The topological polar surface area (TPSA) is 84.0 Å². The quantitative estimate of drug-likeness (QED) is 0.476. The van der Waals surface area contributed by atoms with Crippen molar-refractivity contribution in [2.45, 2.75) is 18.7 Å². The minimum Gasteiger partial charge on any atom is -0.337 e. The van der Waals surface area contributed by atoms with Crippen molar-refractivity contribution in [1.82, 2.24) is 9.97 Å². The van der Waals surface area contributed by atoms with E-state index >= 15 is 0 Å². The lowest BCUT2D eigenvalue weighted by Gasteiger charge is -2.15. The van der Waals surface area contributed by atoms with Gasteiger partial charge in [0.15, 0.2) is 11.6 Å². The SMILES string of the molecule is Cc1ccc(C)c(S(=O)(=O)Nc2nc3ccccc3nc2Nc2ccc(F)cc2)c1. The van der Waals surface area contributed by atoms with Gasteiger partial charge in [-0.05, 0) is 67.4 Å². The summed E-state index contributed by atoms with van der Waals surface area (Å²) < 4.78 is 42.0. The first-order valence-electron chi connectivity index (χ1n) is 9.21. The Hall–Kier alpha value is -3.52. The number of sulfonamides is 1. The van der Waals surface area contributed by atoms with Crippen LogP contribution in [0, 0.1) is 19.7 Å². The normalized spacial score (nSPS) is 11.4. The molecule has 0 bridgehead atoms. The minimum absolute atomic E-state index is 0.0546. The third-order valence-electron chi connectivity index (χ3n) is 4.54. The molecule has 6 nitrogen and oxygen atoms in total. The molecule has 4 rings (SSSR count). The van der Waals surface area contributed by atoms with E-state index in [9.17, 15) is 12.8 Å². The average molecular weight is 422 g/mol. The van der Waals surface area contributed by atoms with Gasteiger partial charge in [0, 0.05) is 5.69 Å². The van der Waals surface area contributed by atoms with Crippen LogP contribution in [0.4, 0.5) is 21.7 Å². The molecular weight excluding hydrogens is 403 g/mol. The molecule has 0 aliphatic carbocycles. The van der Waals surface area contributed by atoms with Crippen molar-refractivity contribution < 1.29 is 12.8 Å². The Labute approximate surface area is 173 Å². The number of hydrogen-bond donors (Lipinski definition) is 2. The van der Waals surface area contributed by atoms with E-state index in [-0.39, 0.29) is 22.3 Å². The number of hydrogen-bond acceptors (Lipinski definition) is 5. The number of aryl methyl sites for hydroxylation is 2. The largest absolute Gasteiger partial charge is 0.337 e. The highest BCUT2D eigenvalue weighted by molar-refractivity contribution is 7.92. The molecule has 0 aliphatic rings. The lowest BCUT2D eigenvalue weighted by atomic mass is 10.2. The van der Waals surface area contributed by atoms with E-state index in [2.05, 4.69) is 20.0 Å². The van der Waals surface area contributed by atoms with Gasteiger partial charge in [0.1, 0.15) is 5.82 Å². The number of rotatable bonds is 5. The maximum atomic E-state index is 13.2. The molecule has 0 aliphatic heterocycles. The highest BCUT2D eigenvalue weighted by atomic mass is 32.2. The summed E-state index contributed by atoms with van der Waals surface area (Å²) in [6.07, 6.45) is 0. The smallest absolute Gasteiger partial charge is 0.263 e. The predicted molar refractivity (Wildman–Crippen MR) is 116 cm³/mol. The van der Waals surface area contributed by atoms with Crippen LogP contribution < -0.4 is 10.0 Å². The summed E-state index contributed by atoms with van der Waals surface area (Å²) in [7, 11) is -3.91.